The molecule has 22 heavy (non-hydrogen) atoms. The summed E-state index contributed by atoms with van der Waals surface area (Å²) in [5.74, 6) is -0.574. The first-order valence-electron chi connectivity index (χ1n) is 7.32. The van der Waals surface area contributed by atoms with Crippen molar-refractivity contribution in [2.24, 2.45) is 0 Å². The topological polar surface area (TPSA) is 59.0 Å². The molecule has 1 saturated heterocycles. The molecular weight excluding hydrogens is 350 g/mol. The minimum Gasteiger partial charge on any atom is -0.506 e. The van der Waals surface area contributed by atoms with E-state index in [2.05, 4.69) is 20.8 Å². The van der Waals surface area contributed by atoms with Crippen LogP contribution in [-0.2, 0) is 16.0 Å². The molecule has 0 amide bonds. The summed E-state index contributed by atoms with van der Waals surface area (Å²) in [6.45, 7) is 8.99. The minimum atomic E-state index is -0.609. The zero-order chi connectivity index (χ0) is 16.3. The summed E-state index contributed by atoms with van der Waals surface area (Å²) in [5.41, 5.74) is 0.384. The van der Waals surface area contributed by atoms with E-state index < -0.39 is 11.6 Å². The average molecular weight is 372 g/mol. The van der Waals surface area contributed by atoms with Crippen LogP contribution in [0.4, 0.5) is 0 Å². The predicted molar refractivity (Wildman–Crippen MR) is 87.1 cm³/mol. The maximum atomic E-state index is 12.4. The van der Waals surface area contributed by atoms with E-state index in [4.69, 9.17) is 9.47 Å². The second-order valence-corrected chi connectivity index (χ2v) is 7.17. The fourth-order valence-electron chi connectivity index (χ4n) is 2.30. The molecule has 0 unspecified atom stereocenters. The van der Waals surface area contributed by atoms with Crippen molar-refractivity contribution >= 4 is 21.9 Å². The van der Waals surface area contributed by atoms with Crippen molar-refractivity contribution in [2.45, 2.75) is 32.9 Å². The smallest absolute Gasteiger partial charge is 0.342 e. The van der Waals surface area contributed by atoms with Gasteiger partial charge in [0.1, 0.15) is 16.9 Å². The van der Waals surface area contributed by atoms with Crippen LogP contribution in [0.2, 0.25) is 0 Å². The third-order valence-electron chi connectivity index (χ3n) is 3.32. The summed E-state index contributed by atoms with van der Waals surface area (Å²) in [6.07, 6.45) is 0. The molecule has 5 nitrogen and oxygen atoms in total. The fraction of sp³-hybridized carbons (Fsp3) is 0.562. The van der Waals surface area contributed by atoms with Crippen molar-refractivity contribution in [1.29, 1.82) is 0 Å². The number of carbonyl (C=O) groups excluding carboxylic acids is 1. The summed E-state index contributed by atoms with van der Waals surface area (Å²) < 4.78 is 11.2. The molecule has 1 aromatic carbocycles. The molecule has 0 aliphatic carbocycles. The number of benzene rings is 1. The number of phenolic OH excluding ortho intramolecular Hbond substituents is 1. The molecule has 0 radical (unpaired) electrons. The minimum absolute atomic E-state index is 0.0694. The van der Waals surface area contributed by atoms with E-state index in [1.54, 1.807) is 6.07 Å². The molecule has 122 valence electrons. The monoisotopic (exact) mass is 371 g/mol. The normalized spacial score (nSPS) is 16.5. The number of aromatic hydroxyl groups is 1. The highest BCUT2D eigenvalue weighted by atomic mass is 79.9. The fourth-order valence-corrected chi connectivity index (χ4v) is 2.63. The number of carbonyl (C=O) groups is 1. The van der Waals surface area contributed by atoms with Gasteiger partial charge in [-0.3, -0.25) is 4.90 Å². The van der Waals surface area contributed by atoms with Gasteiger partial charge in [-0.25, -0.2) is 4.79 Å². The van der Waals surface area contributed by atoms with Crippen LogP contribution in [-0.4, -0.2) is 47.9 Å². The van der Waals surface area contributed by atoms with Crippen LogP contribution in [0.5, 0.6) is 5.75 Å². The molecule has 1 N–H and O–H groups in total. The van der Waals surface area contributed by atoms with Crippen LogP contribution in [0.3, 0.4) is 0 Å². The van der Waals surface area contributed by atoms with Gasteiger partial charge in [0, 0.05) is 19.6 Å². The quantitative estimate of drug-likeness (QED) is 0.827. The number of hydrogen-bond acceptors (Lipinski definition) is 5. The molecule has 0 bridgehead atoms. The second kappa shape index (κ2) is 6.98. The van der Waals surface area contributed by atoms with Gasteiger partial charge in [0.25, 0.3) is 0 Å². The van der Waals surface area contributed by atoms with Crippen molar-refractivity contribution in [3.8, 4) is 5.75 Å². The number of nitrogens with zero attached hydrogens (tertiary/aromatic N) is 1. The number of hydrogen-bond donors (Lipinski definition) is 1. The Labute approximate surface area is 139 Å². The van der Waals surface area contributed by atoms with Crippen LogP contribution in [0.25, 0.3) is 0 Å². The molecular formula is C16H22BrNO4. The third kappa shape index (κ3) is 4.44. The number of ether oxygens (including phenoxy) is 2. The van der Waals surface area contributed by atoms with Gasteiger partial charge < -0.3 is 14.6 Å². The highest BCUT2D eigenvalue weighted by Gasteiger charge is 2.25. The van der Waals surface area contributed by atoms with Crippen LogP contribution in [0.15, 0.2) is 16.6 Å². The van der Waals surface area contributed by atoms with E-state index in [1.807, 2.05) is 26.8 Å². The number of esters is 1. The molecule has 6 heteroatoms. The van der Waals surface area contributed by atoms with Crippen molar-refractivity contribution in [3.05, 3.63) is 27.7 Å². The van der Waals surface area contributed by atoms with Crippen LogP contribution in [0, 0.1) is 0 Å². The number of phenols is 1. The molecule has 1 aliphatic rings. The van der Waals surface area contributed by atoms with Crippen molar-refractivity contribution in [3.63, 3.8) is 0 Å². The van der Waals surface area contributed by atoms with Crippen LogP contribution in [0.1, 0.15) is 36.7 Å². The highest BCUT2D eigenvalue weighted by Crippen LogP contribution is 2.32. The third-order valence-corrected chi connectivity index (χ3v) is 3.96. The van der Waals surface area contributed by atoms with Crippen LogP contribution < -0.4 is 0 Å². The molecule has 0 aromatic heterocycles. The Kier molecular flexibility index (Phi) is 5.47. The van der Waals surface area contributed by atoms with Gasteiger partial charge in [0.2, 0.25) is 0 Å². The SMILES string of the molecule is CC(C)(C)OC(=O)c1c(CN2CCOCC2)ccc(Br)c1O. The van der Waals surface area contributed by atoms with Gasteiger partial charge in [-0.05, 0) is 48.3 Å². The van der Waals surface area contributed by atoms with Gasteiger partial charge in [-0.2, -0.15) is 0 Å². The van der Waals surface area contributed by atoms with E-state index in [0.29, 0.717) is 24.2 Å². The lowest BCUT2D eigenvalue weighted by molar-refractivity contribution is 0.00617. The molecule has 1 fully saturated rings. The first kappa shape index (κ1) is 17.2. The number of morpholine rings is 1. The van der Waals surface area contributed by atoms with E-state index in [1.165, 1.54) is 0 Å². The molecule has 2 rings (SSSR count). The lowest BCUT2D eigenvalue weighted by Crippen LogP contribution is -2.36. The Morgan fingerprint density at radius 3 is 2.59 bits per heavy atom. The molecule has 0 atom stereocenters. The van der Waals surface area contributed by atoms with E-state index in [0.717, 1.165) is 18.7 Å². The number of rotatable bonds is 3. The van der Waals surface area contributed by atoms with Crippen molar-refractivity contribution in [1.82, 2.24) is 4.90 Å². The zero-order valence-corrected chi connectivity index (χ0v) is 14.8. The van der Waals surface area contributed by atoms with E-state index in [-0.39, 0.29) is 11.3 Å². The Morgan fingerprint density at radius 2 is 2.00 bits per heavy atom. The van der Waals surface area contributed by atoms with Gasteiger partial charge in [0.05, 0.1) is 17.7 Å². The highest BCUT2D eigenvalue weighted by molar-refractivity contribution is 9.10. The lowest BCUT2D eigenvalue weighted by atomic mass is 10.0. The zero-order valence-electron chi connectivity index (χ0n) is 13.2. The Balaban J connectivity index is 2.28. The standard InChI is InChI=1S/C16H22BrNO4/c1-16(2,3)22-15(20)13-11(4-5-12(17)14(13)19)10-18-6-8-21-9-7-18/h4-5,19H,6-10H2,1-3H3. The number of halogens is 1. The molecule has 1 aromatic rings. The first-order chi connectivity index (χ1) is 10.3. The lowest BCUT2D eigenvalue weighted by Gasteiger charge is -2.28. The van der Waals surface area contributed by atoms with E-state index >= 15 is 0 Å². The van der Waals surface area contributed by atoms with E-state index in [9.17, 15) is 9.90 Å². The first-order valence-corrected chi connectivity index (χ1v) is 8.11. The maximum Gasteiger partial charge on any atom is 0.342 e. The van der Waals surface area contributed by atoms with Gasteiger partial charge >= 0.3 is 5.97 Å². The molecule has 1 aliphatic heterocycles. The summed E-state index contributed by atoms with van der Waals surface area (Å²) in [6, 6.07) is 3.59. The summed E-state index contributed by atoms with van der Waals surface area (Å²) >= 11 is 3.26. The van der Waals surface area contributed by atoms with Gasteiger partial charge in [-0.1, -0.05) is 6.07 Å². The van der Waals surface area contributed by atoms with Gasteiger partial charge in [-0.15, -0.1) is 0 Å². The molecule has 1 heterocycles. The Bertz CT molecular complexity index is 548. The molecule has 0 saturated carbocycles. The second-order valence-electron chi connectivity index (χ2n) is 6.32. The van der Waals surface area contributed by atoms with Crippen molar-refractivity contribution < 1.29 is 19.4 Å². The van der Waals surface area contributed by atoms with Gasteiger partial charge in [0.15, 0.2) is 0 Å². The van der Waals surface area contributed by atoms with Crippen LogP contribution >= 0.6 is 15.9 Å². The average Bonchev–Trinajstić information content (AvgIpc) is 2.42. The predicted octanol–water partition coefficient (Wildman–Crippen LogP) is 2.94. The summed E-state index contributed by atoms with van der Waals surface area (Å²) in [4.78, 5) is 14.6. The Hall–Kier alpha value is -1.11. The molecule has 0 spiro atoms. The summed E-state index contributed by atoms with van der Waals surface area (Å²) in [5, 5.41) is 10.3. The largest absolute Gasteiger partial charge is 0.506 e. The Morgan fingerprint density at radius 1 is 1.36 bits per heavy atom. The van der Waals surface area contributed by atoms with Crippen molar-refractivity contribution in [2.75, 3.05) is 26.3 Å². The maximum absolute atomic E-state index is 12.4. The summed E-state index contributed by atoms with van der Waals surface area (Å²) in [7, 11) is 0.